The third kappa shape index (κ3) is 2.61. The van der Waals surface area contributed by atoms with E-state index in [1.54, 1.807) is 0 Å². The smallest absolute Gasteiger partial charge is 0.410 e. The molecule has 0 aromatic carbocycles. The van der Waals surface area contributed by atoms with Crippen LogP contribution in [0.25, 0.3) is 0 Å². The lowest BCUT2D eigenvalue weighted by atomic mass is 9.83. The molecule has 1 aliphatic carbocycles. The Kier molecular flexibility index (Phi) is 3.45. The summed E-state index contributed by atoms with van der Waals surface area (Å²) in [6.45, 7) is 7.49. The van der Waals surface area contributed by atoms with Gasteiger partial charge in [0.25, 0.3) is 0 Å². The highest BCUT2D eigenvalue weighted by Crippen LogP contribution is 2.49. The summed E-state index contributed by atoms with van der Waals surface area (Å²) in [5.74, 6) is 0.661. The number of hydrogen-bond donors (Lipinski definition) is 0. The van der Waals surface area contributed by atoms with E-state index in [4.69, 9.17) is 4.74 Å². The van der Waals surface area contributed by atoms with Crippen molar-refractivity contribution >= 4 is 22.0 Å². The summed E-state index contributed by atoms with van der Waals surface area (Å²) in [6.07, 6.45) is 3.65. The lowest BCUT2D eigenvalue weighted by molar-refractivity contribution is 0.0271. The second-order valence-electron chi connectivity index (χ2n) is 6.45. The van der Waals surface area contributed by atoms with Crippen molar-refractivity contribution in [1.82, 2.24) is 4.90 Å². The third-order valence-electron chi connectivity index (χ3n) is 3.96. The van der Waals surface area contributed by atoms with Crippen molar-refractivity contribution < 1.29 is 9.53 Å². The molecule has 1 aliphatic heterocycles. The minimum absolute atomic E-state index is 0.146. The second kappa shape index (κ2) is 4.45. The molecule has 2 aliphatic rings. The Morgan fingerprint density at radius 3 is 2.76 bits per heavy atom. The van der Waals surface area contributed by atoms with E-state index in [1.165, 1.54) is 19.3 Å². The molecule has 0 N–H and O–H groups in total. The number of nitrogens with zero attached hydrogens (tertiary/aromatic N) is 1. The van der Waals surface area contributed by atoms with Gasteiger partial charge in [-0.3, -0.25) is 0 Å². The molecule has 17 heavy (non-hydrogen) atoms. The highest BCUT2D eigenvalue weighted by molar-refractivity contribution is 9.09. The van der Waals surface area contributed by atoms with Crippen molar-refractivity contribution in [3.05, 3.63) is 0 Å². The molecule has 1 heterocycles. The first-order chi connectivity index (χ1) is 7.86. The SMILES string of the molecule is CC(C)(C)OC(=O)N1C[C@@H]2CCC[C@]2(CBr)C1. The average Bonchev–Trinajstić information content (AvgIpc) is 2.70. The van der Waals surface area contributed by atoms with Crippen molar-refractivity contribution in [2.45, 2.75) is 45.6 Å². The topological polar surface area (TPSA) is 29.5 Å². The van der Waals surface area contributed by atoms with E-state index in [0.29, 0.717) is 11.3 Å². The molecule has 0 spiro atoms. The van der Waals surface area contributed by atoms with Crippen molar-refractivity contribution in [3.8, 4) is 0 Å². The average molecular weight is 304 g/mol. The van der Waals surface area contributed by atoms with Crippen molar-refractivity contribution in [2.75, 3.05) is 18.4 Å². The van der Waals surface area contributed by atoms with Crippen molar-refractivity contribution in [1.29, 1.82) is 0 Å². The minimum atomic E-state index is -0.393. The summed E-state index contributed by atoms with van der Waals surface area (Å²) in [6, 6.07) is 0. The van der Waals surface area contributed by atoms with Gasteiger partial charge in [0.15, 0.2) is 0 Å². The number of likely N-dealkylation sites (tertiary alicyclic amines) is 1. The molecule has 0 bridgehead atoms. The van der Waals surface area contributed by atoms with Crippen LogP contribution in [-0.4, -0.2) is 35.0 Å². The summed E-state index contributed by atoms with van der Waals surface area (Å²) in [5, 5.41) is 1.00. The Labute approximate surface area is 112 Å². The third-order valence-corrected chi connectivity index (χ3v) is 5.07. The zero-order valence-corrected chi connectivity index (χ0v) is 12.5. The molecule has 2 fully saturated rings. The molecule has 1 saturated heterocycles. The summed E-state index contributed by atoms with van der Waals surface area (Å²) >= 11 is 3.63. The fourth-order valence-electron chi connectivity index (χ4n) is 3.10. The normalized spacial score (nSPS) is 32.7. The van der Waals surface area contributed by atoms with Crippen molar-refractivity contribution in [2.24, 2.45) is 11.3 Å². The maximum atomic E-state index is 12.0. The van der Waals surface area contributed by atoms with Gasteiger partial charge in [-0.15, -0.1) is 0 Å². The van der Waals surface area contributed by atoms with Gasteiger partial charge in [-0.25, -0.2) is 4.79 Å². The predicted octanol–water partition coefficient (Wildman–Crippen LogP) is 3.42. The summed E-state index contributed by atoms with van der Waals surface area (Å²) in [7, 11) is 0. The highest BCUT2D eigenvalue weighted by Gasteiger charge is 2.50. The number of amides is 1. The number of halogens is 1. The maximum Gasteiger partial charge on any atom is 0.410 e. The molecule has 0 aromatic rings. The molecule has 1 saturated carbocycles. The standard InChI is InChI=1S/C13H22BrNO2/c1-12(2,3)17-11(16)15-7-10-5-4-6-13(10,8-14)9-15/h10H,4-9H2,1-3H3/t10-,13-/m0/s1. The Morgan fingerprint density at radius 2 is 2.24 bits per heavy atom. The molecule has 0 radical (unpaired) electrons. The van der Waals surface area contributed by atoms with E-state index in [-0.39, 0.29) is 6.09 Å². The molecule has 0 aromatic heterocycles. The van der Waals surface area contributed by atoms with Crippen molar-refractivity contribution in [3.63, 3.8) is 0 Å². The predicted molar refractivity (Wildman–Crippen MR) is 71.4 cm³/mol. The lowest BCUT2D eigenvalue weighted by Crippen LogP contribution is -2.37. The number of rotatable bonds is 1. The van der Waals surface area contributed by atoms with Crippen LogP contribution in [-0.2, 0) is 4.74 Å². The number of fused-ring (bicyclic) bond motifs is 1. The molecule has 2 rings (SSSR count). The van der Waals surface area contributed by atoms with E-state index in [0.717, 1.165) is 18.4 Å². The Hall–Kier alpha value is -0.250. The van der Waals surface area contributed by atoms with Gasteiger partial charge in [0.2, 0.25) is 0 Å². The number of ether oxygens (including phenoxy) is 1. The molecule has 4 heteroatoms. The van der Waals surface area contributed by atoms with Gasteiger partial charge in [-0.2, -0.15) is 0 Å². The Bertz CT molecular complexity index is 313. The van der Waals surface area contributed by atoms with Crippen LogP contribution in [0, 0.1) is 11.3 Å². The number of alkyl halides is 1. The van der Waals surface area contributed by atoms with Gasteiger partial charge in [0.1, 0.15) is 5.60 Å². The molecule has 0 unspecified atom stereocenters. The molecule has 98 valence electrons. The van der Waals surface area contributed by atoms with Gasteiger partial charge in [0.05, 0.1) is 0 Å². The van der Waals surface area contributed by atoms with Crippen LogP contribution in [0.1, 0.15) is 40.0 Å². The molecule has 3 nitrogen and oxygen atoms in total. The first kappa shape index (κ1) is 13.2. The fraction of sp³-hybridized carbons (Fsp3) is 0.923. The second-order valence-corrected chi connectivity index (χ2v) is 7.01. The molecule has 1 amide bonds. The zero-order chi connectivity index (χ0) is 12.7. The largest absolute Gasteiger partial charge is 0.444 e. The lowest BCUT2D eigenvalue weighted by Gasteiger charge is -2.27. The number of hydrogen-bond acceptors (Lipinski definition) is 2. The monoisotopic (exact) mass is 303 g/mol. The number of carbonyl (C=O) groups excluding carboxylic acids is 1. The molecular weight excluding hydrogens is 282 g/mol. The quantitative estimate of drug-likeness (QED) is 0.695. The van der Waals surface area contributed by atoms with E-state index in [9.17, 15) is 4.79 Å². The first-order valence-corrected chi connectivity index (χ1v) is 7.52. The molecule has 2 atom stereocenters. The van der Waals surface area contributed by atoms with E-state index < -0.39 is 5.60 Å². The van der Waals surface area contributed by atoms with Gasteiger partial charge in [-0.1, -0.05) is 22.4 Å². The Morgan fingerprint density at radius 1 is 1.53 bits per heavy atom. The van der Waals surface area contributed by atoms with Crippen LogP contribution in [0.2, 0.25) is 0 Å². The van der Waals surface area contributed by atoms with Crippen LogP contribution in [0.5, 0.6) is 0 Å². The maximum absolute atomic E-state index is 12.0. The summed E-state index contributed by atoms with van der Waals surface area (Å²) < 4.78 is 5.45. The van der Waals surface area contributed by atoms with E-state index >= 15 is 0 Å². The van der Waals surface area contributed by atoms with Gasteiger partial charge < -0.3 is 9.64 Å². The van der Waals surface area contributed by atoms with Crippen LogP contribution < -0.4 is 0 Å². The van der Waals surface area contributed by atoms with Gasteiger partial charge >= 0.3 is 6.09 Å². The first-order valence-electron chi connectivity index (χ1n) is 6.40. The van der Waals surface area contributed by atoms with Crippen LogP contribution >= 0.6 is 15.9 Å². The summed E-state index contributed by atoms with van der Waals surface area (Å²) in [5.41, 5.74) is -0.0761. The van der Waals surface area contributed by atoms with E-state index in [2.05, 4.69) is 15.9 Å². The van der Waals surface area contributed by atoms with Crippen LogP contribution in [0.15, 0.2) is 0 Å². The highest BCUT2D eigenvalue weighted by atomic mass is 79.9. The van der Waals surface area contributed by atoms with Crippen LogP contribution in [0.3, 0.4) is 0 Å². The van der Waals surface area contributed by atoms with Crippen LogP contribution in [0.4, 0.5) is 4.79 Å². The number of carbonyl (C=O) groups is 1. The minimum Gasteiger partial charge on any atom is -0.444 e. The fourth-order valence-corrected chi connectivity index (χ4v) is 4.01. The van der Waals surface area contributed by atoms with E-state index in [1.807, 2.05) is 25.7 Å². The Balaban J connectivity index is 2.00. The molecular formula is C13H22BrNO2. The van der Waals surface area contributed by atoms with Gasteiger partial charge in [0, 0.05) is 23.8 Å². The summed E-state index contributed by atoms with van der Waals surface area (Å²) in [4.78, 5) is 13.9. The van der Waals surface area contributed by atoms with Gasteiger partial charge in [-0.05, 0) is 39.5 Å². The zero-order valence-electron chi connectivity index (χ0n) is 11.0.